The lowest BCUT2D eigenvalue weighted by molar-refractivity contribution is -0.121. The summed E-state index contributed by atoms with van der Waals surface area (Å²) in [6.07, 6.45) is 3.66. The average molecular weight is 686 g/mol. The Balaban J connectivity index is 1.39. The van der Waals surface area contributed by atoms with Crippen molar-refractivity contribution in [3.8, 4) is 39.7 Å². The van der Waals surface area contributed by atoms with E-state index in [1.54, 1.807) is 21.3 Å². The molecule has 0 fully saturated rings. The van der Waals surface area contributed by atoms with Crippen molar-refractivity contribution in [2.45, 2.75) is 38.6 Å². The van der Waals surface area contributed by atoms with Crippen molar-refractivity contribution in [1.82, 2.24) is 15.6 Å². The number of para-hydroxylation sites is 1. The van der Waals surface area contributed by atoms with E-state index in [2.05, 4.69) is 21.7 Å². The maximum atomic E-state index is 14.2. The third-order valence-electron chi connectivity index (χ3n) is 9.56. The van der Waals surface area contributed by atoms with E-state index in [0.29, 0.717) is 76.5 Å². The van der Waals surface area contributed by atoms with Gasteiger partial charge in [0.15, 0.2) is 17.1 Å². The molecule has 0 saturated carbocycles. The van der Waals surface area contributed by atoms with E-state index in [0.717, 1.165) is 27.6 Å². The lowest BCUT2D eigenvalue weighted by Gasteiger charge is -2.20. The van der Waals surface area contributed by atoms with Gasteiger partial charge in [-0.1, -0.05) is 48.5 Å². The number of hydrogen-bond acceptors (Lipinski definition) is 7. The molecule has 1 aliphatic carbocycles. The predicted octanol–water partition coefficient (Wildman–Crippen LogP) is 6.66. The van der Waals surface area contributed by atoms with Gasteiger partial charge in [-0.3, -0.25) is 14.4 Å². The van der Waals surface area contributed by atoms with Crippen LogP contribution in [-0.2, 0) is 28.9 Å². The molecule has 0 saturated heterocycles. The summed E-state index contributed by atoms with van der Waals surface area (Å²) in [6, 6.07) is 22.4. The van der Waals surface area contributed by atoms with Gasteiger partial charge < -0.3 is 34.2 Å². The standard InChI is InChI=1S/C41H39N3O7/c1-23(45)44-33-15-14-25-18-35(48-2)40(49-3)41(50-4)37(25)29-19-30-31(21-36(47)42-17-16-26-22-43-32-13-9-8-12-27(26)32)38(24-10-6-5-7-11-24)51-39(30)34(46)20-28(29)33/h5-13,18-20,22,33,43H,14-17,21H2,1-4H3,(H,42,47)(H,44,45). The van der Waals surface area contributed by atoms with Crippen LogP contribution in [0, 0.1) is 0 Å². The minimum Gasteiger partial charge on any atom is -0.493 e. The fourth-order valence-corrected chi connectivity index (χ4v) is 7.28. The molecule has 2 aromatic heterocycles. The van der Waals surface area contributed by atoms with Crippen molar-refractivity contribution in [2.24, 2.45) is 0 Å². The van der Waals surface area contributed by atoms with Gasteiger partial charge in [0.25, 0.3) is 0 Å². The van der Waals surface area contributed by atoms with Crippen molar-refractivity contribution in [3.63, 3.8) is 0 Å². The van der Waals surface area contributed by atoms with Crippen molar-refractivity contribution in [3.05, 3.63) is 111 Å². The summed E-state index contributed by atoms with van der Waals surface area (Å²) in [6.45, 7) is 1.89. The number of hydrogen-bond donors (Lipinski definition) is 3. The molecule has 0 radical (unpaired) electrons. The summed E-state index contributed by atoms with van der Waals surface area (Å²) >= 11 is 0. The molecule has 0 spiro atoms. The molecule has 1 aliphatic rings. The van der Waals surface area contributed by atoms with Crippen LogP contribution in [0.15, 0.2) is 88.2 Å². The number of carbonyl (C=O) groups is 2. The van der Waals surface area contributed by atoms with Crippen LogP contribution in [0.5, 0.6) is 17.2 Å². The summed E-state index contributed by atoms with van der Waals surface area (Å²) in [5, 5.41) is 7.75. The first kappa shape index (κ1) is 33.5. The van der Waals surface area contributed by atoms with E-state index in [9.17, 15) is 14.4 Å². The van der Waals surface area contributed by atoms with Crippen LogP contribution in [0.1, 0.15) is 41.6 Å². The van der Waals surface area contributed by atoms with Crippen LogP contribution in [-0.4, -0.2) is 44.7 Å². The maximum Gasteiger partial charge on any atom is 0.224 e. The molecule has 4 aromatic carbocycles. The van der Waals surface area contributed by atoms with Gasteiger partial charge in [0.05, 0.1) is 33.8 Å². The van der Waals surface area contributed by atoms with Gasteiger partial charge >= 0.3 is 0 Å². The quantitative estimate of drug-likeness (QED) is 0.147. The molecule has 7 rings (SSSR count). The minimum absolute atomic E-state index is 0.0333. The average Bonchev–Trinajstić information content (AvgIpc) is 3.63. The highest BCUT2D eigenvalue weighted by molar-refractivity contribution is 5.96. The number of furan rings is 1. The van der Waals surface area contributed by atoms with Gasteiger partial charge in [-0.2, -0.15) is 0 Å². The molecule has 10 nitrogen and oxygen atoms in total. The number of nitrogens with one attached hydrogen (secondary N) is 3. The van der Waals surface area contributed by atoms with Gasteiger partial charge in [-0.15, -0.1) is 0 Å². The monoisotopic (exact) mass is 685 g/mol. The van der Waals surface area contributed by atoms with Crippen molar-refractivity contribution >= 4 is 33.7 Å². The highest BCUT2D eigenvalue weighted by Gasteiger charge is 2.31. The van der Waals surface area contributed by atoms with E-state index < -0.39 is 6.04 Å². The summed E-state index contributed by atoms with van der Waals surface area (Å²) < 4.78 is 23.9. The molecule has 3 N–H and O–H groups in total. The molecule has 6 aromatic rings. The number of H-pyrrole nitrogens is 1. The molecular weight excluding hydrogens is 646 g/mol. The molecule has 0 aliphatic heterocycles. The SMILES string of the molecule is COc1cc2c(c(OC)c1OC)-c1cc3c(CC(=O)NCCc4c[nH]c5ccccc45)c(-c4ccccc4)oc3c(=O)cc1C(NC(C)=O)CC2. The van der Waals surface area contributed by atoms with Crippen molar-refractivity contribution in [1.29, 1.82) is 0 Å². The van der Waals surface area contributed by atoms with E-state index in [-0.39, 0.29) is 29.2 Å². The number of fused-ring (bicyclic) bond motifs is 5. The first-order valence-corrected chi connectivity index (χ1v) is 16.9. The first-order valence-electron chi connectivity index (χ1n) is 16.9. The zero-order valence-corrected chi connectivity index (χ0v) is 29.0. The Morgan fingerprint density at radius 3 is 2.43 bits per heavy atom. The third kappa shape index (κ3) is 6.29. The lowest BCUT2D eigenvalue weighted by atomic mass is 9.94. The first-order chi connectivity index (χ1) is 24.8. The molecule has 2 heterocycles. The van der Waals surface area contributed by atoms with Crippen LogP contribution < -0.4 is 30.3 Å². The molecule has 260 valence electrons. The summed E-state index contributed by atoms with van der Waals surface area (Å²) in [7, 11) is 4.67. The lowest BCUT2D eigenvalue weighted by Crippen LogP contribution is -2.27. The van der Waals surface area contributed by atoms with Gasteiger partial charge in [0.2, 0.25) is 23.0 Å². The molecule has 10 heteroatoms. The predicted molar refractivity (Wildman–Crippen MR) is 197 cm³/mol. The Hall–Kier alpha value is -6.03. The van der Waals surface area contributed by atoms with Gasteiger partial charge in [-0.25, -0.2) is 0 Å². The Morgan fingerprint density at radius 2 is 1.69 bits per heavy atom. The zero-order valence-electron chi connectivity index (χ0n) is 29.0. The van der Waals surface area contributed by atoms with E-state index >= 15 is 0 Å². The zero-order chi connectivity index (χ0) is 35.6. The van der Waals surface area contributed by atoms with Gasteiger partial charge in [0, 0.05) is 52.6 Å². The topological polar surface area (TPSA) is 132 Å². The van der Waals surface area contributed by atoms with Crippen LogP contribution in [0.3, 0.4) is 0 Å². The minimum atomic E-state index is -0.486. The molecule has 2 amide bonds. The van der Waals surface area contributed by atoms with E-state index in [1.165, 1.54) is 13.0 Å². The second kappa shape index (κ2) is 14.1. The van der Waals surface area contributed by atoms with Crippen LogP contribution in [0.2, 0.25) is 0 Å². The Morgan fingerprint density at radius 1 is 0.922 bits per heavy atom. The summed E-state index contributed by atoms with van der Waals surface area (Å²) in [5.74, 6) is 1.35. The highest BCUT2D eigenvalue weighted by atomic mass is 16.5. The number of benzene rings is 3. The number of methoxy groups -OCH3 is 3. The Labute approximate surface area is 294 Å². The van der Waals surface area contributed by atoms with Crippen LogP contribution >= 0.6 is 0 Å². The van der Waals surface area contributed by atoms with Crippen molar-refractivity contribution < 1.29 is 28.2 Å². The summed E-state index contributed by atoms with van der Waals surface area (Å²) in [4.78, 5) is 43.7. The van der Waals surface area contributed by atoms with Gasteiger partial charge in [0.1, 0.15) is 5.76 Å². The molecule has 51 heavy (non-hydrogen) atoms. The second-order valence-corrected chi connectivity index (χ2v) is 12.6. The number of carbonyl (C=O) groups excluding carboxylic acids is 2. The van der Waals surface area contributed by atoms with Crippen LogP contribution in [0.25, 0.3) is 44.3 Å². The maximum absolute atomic E-state index is 14.2. The van der Waals surface area contributed by atoms with E-state index in [4.69, 9.17) is 18.6 Å². The largest absolute Gasteiger partial charge is 0.493 e. The number of rotatable bonds is 10. The molecular formula is C41H39N3O7. The van der Waals surface area contributed by atoms with Crippen molar-refractivity contribution in [2.75, 3.05) is 27.9 Å². The third-order valence-corrected chi connectivity index (χ3v) is 9.56. The summed E-state index contributed by atoms with van der Waals surface area (Å²) in [5.41, 5.74) is 6.12. The second-order valence-electron chi connectivity index (χ2n) is 12.6. The number of amides is 2. The highest BCUT2D eigenvalue weighted by Crippen LogP contribution is 2.51. The molecule has 1 atom stereocenters. The molecule has 1 unspecified atom stereocenters. The van der Waals surface area contributed by atoms with Crippen LogP contribution in [0.4, 0.5) is 0 Å². The fourth-order valence-electron chi connectivity index (χ4n) is 7.28. The van der Waals surface area contributed by atoms with Gasteiger partial charge in [-0.05, 0) is 65.8 Å². The number of aromatic nitrogens is 1. The molecule has 0 bridgehead atoms. The smallest absolute Gasteiger partial charge is 0.224 e. The fraction of sp³-hybridized carbons (Fsp3) is 0.244. The number of ether oxygens (including phenoxy) is 3. The Bertz CT molecular complexity index is 2340. The van der Waals surface area contributed by atoms with E-state index in [1.807, 2.05) is 66.9 Å². The normalized spacial score (nSPS) is 13.6. The number of aryl methyl sites for hydroxylation is 1. The Kier molecular flexibility index (Phi) is 9.23. The number of aromatic amines is 1.